The molecule has 0 radical (unpaired) electrons. The first-order chi connectivity index (χ1) is 19.2. The largest absolute Gasteiger partial charge is 0.493 e. The van der Waals surface area contributed by atoms with E-state index in [1.807, 2.05) is 97.1 Å². The van der Waals surface area contributed by atoms with Crippen molar-refractivity contribution in [1.82, 2.24) is 14.8 Å². The number of nitriles is 1. The highest BCUT2D eigenvalue weighted by Crippen LogP contribution is 2.31. The zero-order valence-electron chi connectivity index (χ0n) is 21.6. The predicted octanol–water partition coefficient (Wildman–Crippen LogP) is 6.83. The number of hydrogen-bond donors (Lipinski definition) is 0. The first-order valence-corrected chi connectivity index (χ1v) is 13.3. The van der Waals surface area contributed by atoms with Crippen LogP contribution in [0.2, 0.25) is 0 Å². The third-order valence-corrected chi connectivity index (χ3v) is 7.04. The van der Waals surface area contributed by atoms with Crippen LogP contribution in [0.15, 0.2) is 102 Å². The van der Waals surface area contributed by atoms with Gasteiger partial charge in [0.2, 0.25) is 0 Å². The molecule has 0 bridgehead atoms. The van der Waals surface area contributed by atoms with Crippen molar-refractivity contribution in [2.45, 2.75) is 17.3 Å². The summed E-state index contributed by atoms with van der Waals surface area (Å²) in [5.74, 6) is 4.35. The van der Waals surface area contributed by atoms with Gasteiger partial charge in [0, 0.05) is 17.9 Å². The van der Waals surface area contributed by atoms with Crippen molar-refractivity contribution in [3.05, 3.63) is 120 Å². The molecule has 0 amide bonds. The van der Waals surface area contributed by atoms with Gasteiger partial charge < -0.3 is 14.2 Å². The molecule has 7 nitrogen and oxygen atoms in total. The first-order valence-electron chi connectivity index (χ1n) is 12.3. The zero-order valence-corrected chi connectivity index (χ0v) is 22.4. The van der Waals surface area contributed by atoms with Gasteiger partial charge in [-0.3, -0.25) is 4.57 Å². The molecular weight excluding hydrogens is 508 g/mol. The van der Waals surface area contributed by atoms with Gasteiger partial charge in [-0.25, -0.2) is 0 Å². The van der Waals surface area contributed by atoms with Crippen molar-refractivity contribution >= 4 is 11.8 Å². The van der Waals surface area contributed by atoms with Gasteiger partial charge in [0.25, 0.3) is 0 Å². The quantitative estimate of drug-likeness (QED) is 0.182. The number of nitrogens with zero attached hydrogens (tertiary/aromatic N) is 4. The van der Waals surface area contributed by atoms with Crippen LogP contribution < -0.4 is 14.2 Å². The lowest BCUT2D eigenvalue weighted by atomic mass is 10.1. The van der Waals surface area contributed by atoms with Crippen LogP contribution in [0.1, 0.15) is 22.5 Å². The number of benzene rings is 4. The van der Waals surface area contributed by atoms with Gasteiger partial charge in [0.15, 0.2) is 16.7 Å². The van der Waals surface area contributed by atoms with Crippen LogP contribution in [0, 0.1) is 11.3 Å². The molecule has 5 aromatic rings. The van der Waals surface area contributed by atoms with E-state index in [-0.39, 0.29) is 0 Å². The Morgan fingerprint density at radius 2 is 1.46 bits per heavy atom. The Bertz CT molecular complexity index is 1580. The minimum absolute atomic E-state index is 0.549. The molecule has 0 atom stereocenters. The number of thioether (sulfide) groups is 1. The van der Waals surface area contributed by atoms with Crippen molar-refractivity contribution in [2.24, 2.45) is 0 Å². The Kier molecular flexibility index (Phi) is 8.10. The molecule has 194 valence electrons. The fourth-order valence-corrected chi connectivity index (χ4v) is 4.98. The third-order valence-electron chi connectivity index (χ3n) is 6.04. The smallest absolute Gasteiger partial charge is 0.196 e. The fourth-order valence-electron chi connectivity index (χ4n) is 4.05. The van der Waals surface area contributed by atoms with Gasteiger partial charge in [-0.1, -0.05) is 48.2 Å². The maximum Gasteiger partial charge on any atom is 0.196 e. The minimum Gasteiger partial charge on any atom is -0.493 e. The summed E-state index contributed by atoms with van der Waals surface area (Å²) in [5, 5.41) is 19.0. The highest BCUT2D eigenvalue weighted by Gasteiger charge is 2.17. The zero-order chi connectivity index (χ0) is 27.0. The third kappa shape index (κ3) is 6.22. The van der Waals surface area contributed by atoms with Crippen LogP contribution in [-0.4, -0.2) is 29.0 Å². The molecular formula is C31H26N4O3S. The summed E-state index contributed by atoms with van der Waals surface area (Å²) < 4.78 is 18.9. The van der Waals surface area contributed by atoms with Crippen LogP contribution in [0.3, 0.4) is 0 Å². The highest BCUT2D eigenvalue weighted by atomic mass is 32.2. The molecule has 0 spiro atoms. The van der Waals surface area contributed by atoms with Crippen LogP contribution in [-0.2, 0) is 12.2 Å². The summed E-state index contributed by atoms with van der Waals surface area (Å²) in [6.07, 6.45) is 0.549. The molecule has 0 N–H and O–H groups in total. The van der Waals surface area contributed by atoms with E-state index >= 15 is 0 Å². The van der Waals surface area contributed by atoms with Crippen LogP contribution >= 0.6 is 11.8 Å². The summed E-state index contributed by atoms with van der Waals surface area (Å²) in [7, 11) is 3.25. The van der Waals surface area contributed by atoms with E-state index in [1.165, 1.54) is 0 Å². The SMILES string of the molecule is COc1ccc(Cc2nnc(SCc3ccc(C#N)cc3)n2-c2ccc(Oc3ccccc3)cc2)cc1OC. The molecule has 0 saturated carbocycles. The lowest BCUT2D eigenvalue weighted by Crippen LogP contribution is -2.04. The Hall–Kier alpha value is -4.74. The number of hydrogen-bond acceptors (Lipinski definition) is 7. The van der Waals surface area contributed by atoms with Gasteiger partial charge >= 0.3 is 0 Å². The van der Waals surface area contributed by atoms with E-state index in [4.69, 9.17) is 19.5 Å². The Balaban J connectivity index is 1.44. The topological polar surface area (TPSA) is 82.2 Å². The Morgan fingerprint density at radius 1 is 0.769 bits per heavy atom. The van der Waals surface area contributed by atoms with E-state index in [1.54, 1.807) is 26.0 Å². The van der Waals surface area contributed by atoms with Gasteiger partial charge in [-0.15, -0.1) is 10.2 Å². The van der Waals surface area contributed by atoms with E-state index in [9.17, 15) is 0 Å². The lowest BCUT2D eigenvalue weighted by molar-refractivity contribution is 0.354. The van der Waals surface area contributed by atoms with Crippen molar-refractivity contribution < 1.29 is 14.2 Å². The Labute approximate surface area is 231 Å². The standard InChI is InChI=1S/C31H26N4O3S/c1-36-28-17-12-24(18-29(28)37-2)19-30-33-34-31(39-21-23-10-8-22(20-32)9-11-23)35(30)25-13-15-27(16-14-25)38-26-6-4-3-5-7-26/h3-18H,19,21H2,1-2H3. The highest BCUT2D eigenvalue weighted by molar-refractivity contribution is 7.98. The molecule has 0 saturated heterocycles. The average Bonchev–Trinajstić information content (AvgIpc) is 3.39. The molecule has 5 rings (SSSR count). The molecule has 0 fully saturated rings. The molecule has 0 aliphatic heterocycles. The summed E-state index contributed by atoms with van der Waals surface area (Å²) in [6, 6.07) is 33.2. The average molecular weight is 535 g/mol. The van der Waals surface area contributed by atoms with Gasteiger partial charge in [0.05, 0.1) is 25.9 Å². The maximum absolute atomic E-state index is 9.09. The van der Waals surface area contributed by atoms with E-state index in [0.717, 1.165) is 39.3 Å². The van der Waals surface area contributed by atoms with Gasteiger partial charge in [0.1, 0.15) is 17.3 Å². The molecule has 4 aromatic carbocycles. The molecule has 1 aromatic heterocycles. The summed E-state index contributed by atoms with van der Waals surface area (Å²) >= 11 is 1.59. The van der Waals surface area contributed by atoms with Crippen molar-refractivity contribution in [3.8, 4) is 34.8 Å². The van der Waals surface area contributed by atoms with Crippen LogP contribution in [0.5, 0.6) is 23.0 Å². The number of ether oxygens (including phenoxy) is 3. The number of aromatic nitrogens is 3. The second-order valence-corrected chi connectivity index (χ2v) is 9.55. The molecule has 0 unspecified atom stereocenters. The monoisotopic (exact) mass is 534 g/mol. The molecule has 1 heterocycles. The summed E-state index contributed by atoms with van der Waals surface area (Å²) in [6.45, 7) is 0. The molecule has 39 heavy (non-hydrogen) atoms. The van der Waals surface area contributed by atoms with Gasteiger partial charge in [-0.05, 0) is 71.8 Å². The molecule has 0 aliphatic carbocycles. The Morgan fingerprint density at radius 3 is 2.15 bits per heavy atom. The van der Waals surface area contributed by atoms with E-state index < -0.39 is 0 Å². The fraction of sp³-hybridized carbons (Fsp3) is 0.129. The second-order valence-electron chi connectivity index (χ2n) is 8.61. The van der Waals surface area contributed by atoms with Crippen molar-refractivity contribution in [2.75, 3.05) is 14.2 Å². The molecule has 8 heteroatoms. The maximum atomic E-state index is 9.09. The summed E-state index contributed by atoms with van der Waals surface area (Å²) in [5.41, 5.74) is 3.69. The van der Waals surface area contributed by atoms with E-state index in [2.05, 4.69) is 20.8 Å². The number of rotatable bonds is 10. The van der Waals surface area contributed by atoms with Crippen LogP contribution in [0.25, 0.3) is 5.69 Å². The van der Waals surface area contributed by atoms with Crippen molar-refractivity contribution in [3.63, 3.8) is 0 Å². The normalized spacial score (nSPS) is 10.6. The molecule has 0 aliphatic rings. The number of methoxy groups -OCH3 is 2. The minimum atomic E-state index is 0.549. The van der Waals surface area contributed by atoms with Crippen molar-refractivity contribution in [1.29, 1.82) is 5.26 Å². The second kappa shape index (κ2) is 12.2. The number of para-hydroxylation sites is 1. The van der Waals surface area contributed by atoms with Gasteiger partial charge in [-0.2, -0.15) is 5.26 Å². The lowest BCUT2D eigenvalue weighted by Gasteiger charge is -2.13. The first kappa shape index (κ1) is 25.9. The predicted molar refractivity (Wildman–Crippen MR) is 151 cm³/mol. The van der Waals surface area contributed by atoms with E-state index in [0.29, 0.717) is 29.2 Å². The van der Waals surface area contributed by atoms with Crippen LogP contribution in [0.4, 0.5) is 0 Å². The summed E-state index contributed by atoms with van der Waals surface area (Å²) in [4.78, 5) is 0.